The molecule has 0 radical (unpaired) electrons. The highest BCUT2D eigenvalue weighted by Crippen LogP contribution is 2.31. The van der Waals surface area contributed by atoms with Crippen LogP contribution in [0, 0.1) is 0 Å². The standard InChI is InChI=1S/C11H10O4/c1-14-9-3-2-4-10-11(9)8(13)5-7(12)6-15-10/h2-4H,5-6H2,1H3. The summed E-state index contributed by atoms with van der Waals surface area (Å²) in [5.41, 5.74) is 0.367. The Hall–Kier alpha value is -1.84. The highest BCUT2D eigenvalue weighted by Gasteiger charge is 2.24. The predicted molar refractivity (Wildman–Crippen MR) is 52.4 cm³/mol. The summed E-state index contributed by atoms with van der Waals surface area (Å²) in [6.07, 6.45) is -0.118. The van der Waals surface area contributed by atoms with Crippen LogP contribution in [0.15, 0.2) is 18.2 Å². The van der Waals surface area contributed by atoms with Crippen LogP contribution in [0.5, 0.6) is 11.5 Å². The minimum Gasteiger partial charge on any atom is -0.496 e. The van der Waals surface area contributed by atoms with E-state index in [1.165, 1.54) is 7.11 Å². The summed E-state index contributed by atoms with van der Waals surface area (Å²) in [5.74, 6) is 0.417. The third-order valence-electron chi connectivity index (χ3n) is 2.23. The van der Waals surface area contributed by atoms with Gasteiger partial charge in [-0.15, -0.1) is 0 Å². The van der Waals surface area contributed by atoms with Crippen LogP contribution in [0.2, 0.25) is 0 Å². The van der Waals surface area contributed by atoms with Crippen molar-refractivity contribution in [1.29, 1.82) is 0 Å². The Morgan fingerprint density at radius 1 is 1.33 bits per heavy atom. The lowest BCUT2D eigenvalue weighted by atomic mass is 10.1. The van der Waals surface area contributed by atoms with Gasteiger partial charge in [-0.05, 0) is 12.1 Å². The van der Waals surface area contributed by atoms with Gasteiger partial charge in [0.15, 0.2) is 11.6 Å². The highest BCUT2D eigenvalue weighted by atomic mass is 16.5. The molecule has 1 aliphatic heterocycles. The van der Waals surface area contributed by atoms with Gasteiger partial charge in [-0.2, -0.15) is 0 Å². The van der Waals surface area contributed by atoms with E-state index in [0.717, 1.165) is 0 Å². The third-order valence-corrected chi connectivity index (χ3v) is 2.23. The fourth-order valence-corrected chi connectivity index (χ4v) is 1.55. The van der Waals surface area contributed by atoms with Crippen molar-refractivity contribution in [2.45, 2.75) is 6.42 Å². The minimum atomic E-state index is -0.245. The monoisotopic (exact) mass is 206 g/mol. The van der Waals surface area contributed by atoms with E-state index in [1.54, 1.807) is 18.2 Å². The lowest BCUT2D eigenvalue weighted by Gasteiger charge is -2.09. The van der Waals surface area contributed by atoms with Crippen LogP contribution in [-0.2, 0) is 4.79 Å². The van der Waals surface area contributed by atoms with Gasteiger partial charge >= 0.3 is 0 Å². The first-order valence-electron chi connectivity index (χ1n) is 4.57. The van der Waals surface area contributed by atoms with Crippen LogP contribution in [0.25, 0.3) is 0 Å². The van der Waals surface area contributed by atoms with Crippen molar-refractivity contribution in [1.82, 2.24) is 0 Å². The van der Waals surface area contributed by atoms with Crippen LogP contribution < -0.4 is 9.47 Å². The smallest absolute Gasteiger partial charge is 0.177 e. The minimum absolute atomic E-state index is 0.0497. The Morgan fingerprint density at radius 2 is 2.13 bits per heavy atom. The SMILES string of the molecule is COc1cccc2c1C(=O)CC(=O)CO2. The maximum absolute atomic E-state index is 11.7. The van der Waals surface area contributed by atoms with Crippen molar-refractivity contribution < 1.29 is 19.1 Å². The zero-order valence-electron chi connectivity index (χ0n) is 8.28. The van der Waals surface area contributed by atoms with Gasteiger partial charge in [0.25, 0.3) is 0 Å². The zero-order valence-corrected chi connectivity index (χ0v) is 8.28. The van der Waals surface area contributed by atoms with Gasteiger partial charge in [-0.25, -0.2) is 0 Å². The fourth-order valence-electron chi connectivity index (χ4n) is 1.55. The van der Waals surface area contributed by atoms with Crippen LogP contribution in [-0.4, -0.2) is 25.3 Å². The molecule has 1 aromatic carbocycles. The van der Waals surface area contributed by atoms with Crippen molar-refractivity contribution in [2.75, 3.05) is 13.7 Å². The van der Waals surface area contributed by atoms with E-state index in [0.29, 0.717) is 17.1 Å². The van der Waals surface area contributed by atoms with E-state index in [2.05, 4.69) is 0 Å². The number of carbonyl (C=O) groups is 2. The molecule has 0 atom stereocenters. The molecule has 1 aliphatic rings. The lowest BCUT2D eigenvalue weighted by molar-refractivity contribution is -0.119. The Balaban J connectivity index is 2.53. The molecule has 2 rings (SSSR count). The van der Waals surface area contributed by atoms with Gasteiger partial charge < -0.3 is 9.47 Å². The van der Waals surface area contributed by atoms with E-state index in [-0.39, 0.29) is 24.6 Å². The molecule has 1 aromatic rings. The molecule has 0 fully saturated rings. The van der Waals surface area contributed by atoms with Crippen LogP contribution in [0.3, 0.4) is 0 Å². The van der Waals surface area contributed by atoms with Crippen molar-refractivity contribution in [2.24, 2.45) is 0 Å². The normalized spacial score (nSPS) is 15.3. The van der Waals surface area contributed by atoms with Crippen LogP contribution in [0.4, 0.5) is 0 Å². The molecule has 78 valence electrons. The first-order valence-corrected chi connectivity index (χ1v) is 4.57. The molecule has 0 N–H and O–H groups in total. The molecular weight excluding hydrogens is 196 g/mol. The molecule has 4 heteroatoms. The maximum Gasteiger partial charge on any atom is 0.177 e. The van der Waals surface area contributed by atoms with Gasteiger partial charge in [0.2, 0.25) is 0 Å². The molecule has 4 nitrogen and oxygen atoms in total. The Kier molecular flexibility index (Phi) is 2.41. The summed E-state index contributed by atoms with van der Waals surface area (Å²) in [6, 6.07) is 5.06. The fraction of sp³-hybridized carbons (Fsp3) is 0.273. The van der Waals surface area contributed by atoms with E-state index in [1.807, 2.05) is 0 Å². The summed E-state index contributed by atoms with van der Waals surface area (Å²) in [6.45, 7) is -0.0497. The Morgan fingerprint density at radius 3 is 2.87 bits per heavy atom. The summed E-state index contributed by atoms with van der Waals surface area (Å²) in [7, 11) is 1.48. The average Bonchev–Trinajstić information content (AvgIpc) is 2.38. The van der Waals surface area contributed by atoms with E-state index in [9.17, 15) is 9.59 Å². The molecule has 0 spiro atoms. The van der Waals surface area contributed by atoms with Crippen molar-refractivity contribution in [3.63, 3.8) is 0 Å². The number of hydrogen-bond donors (Lipinski definition) is 0. The molecular formula is C11H10O4. The number of hydrogen-bond acceptors (Lipinski definition) is 4. The number of carbonyl (C=O) groups excluding carboxylic acids is 2. The number of Topliss-reactive ketones (excluding diaryl/α,β-unsaturated/α-hetero) is 2. The largest absolute Gasteiger partial charge is 0.496 e. The number of ketones is 2. The maximum atomic E-state index is 11.7. The van der Waals surface area contributed by atoms with Crippen molar-refractivity contribution in [3.05, 3.63) is 23.8 Å². The summed E-state index contributed by atoms with van der Waals surface area (Å²) >= 11 is 0. The molecule has 0 aliphatic carbocycles. The molecule has 0 unspecified atom stereocenters. The summed E-state index contributed by atoms with van der Waals surface area (Å²) < 4.78 is 10.3. The number of rotatable bonds is 1. The van der Waals surface area contributed by atoms with Crippen LogP contribution >= 0.6 is 0 Å². The number of fused-ring (bicyclic) bond motifs is 1. The topological polar surface area (TPSA) is 52.6 Å². The third kappa shape index (κ3) is 1.70. The quantitative estimate of drug-likeness (QED) is 0.648. The second-order valence-corrected chi connectivity index (χ2v) is 3.26. The summed E-state index contributed by atoms with van der Waals surface area (Å²) in [4.78, 5) is 22.9. The van der Waals surface area contributed by atoms with Gasteiger partial charge in [0.05, 0.1) is 13.5 Å². The van der Waals surface area contributed by atoms with Gasteiger partial charge in [-0.3, -0.25) is 9.59 Å². The van der Waals surface area contributed by atoms with Crippen LogP contribution in [0.1, 0.15) is 16.8 Å². The molecule has 0 aromatic heterocycles. The summed E-state index contributed by atoms with van der Waals surface area (Å²) in [5, 5.41) is 0. The first kappa shape index (κ1) is 9.71. The molecule has 1 heterocycles. The van der Waals surface area contributed by atoms with Gasteiger partial charge in [0.1, 0.15) is 23.7 Å². The number of ether oxygens (including phenoxy) is 2. The van der Waals surface area contributed by atoms with Gasteiger partial charge in [0, 0.05) is 0 Å². The second-order valence-electron chi connectivity index (χ2n) is 3.26. The Labute approximate surface area is 86.8 Å². The first-order chi connectivity index (χ1) is 7.22. The van der Waals surface area contributed by atoms with Crippen molar-refractivity contribution in [3.8, 4) is 11.5 Å². The molecule has 15 heavy (non-hydrogen) atoms. The second kappa shape index (κ2) is 3.73. The highest BCUT2D eigenvalue weighted by molar-refractivity contribution is 6.12. The Bertz CT molecular complexity index is 423. The predicted octanol–water partition coefficient (Wildman–Crippen LogP) is 1.23. The molecule has 0 bridgehead atoms. The lowest BCUT2D eigenvalue weighted by Crippen LogP contribution is -2.10. The van der Waals surface area contributed by atoms with E-state index in [4.69, 9.17) is 9.47 Å². The molecule has 0 amide bonds. The van der Waals surface area contributed by atoms with Gasteiger partial charge in [-0.1, -0.05) is 6.07 Å². The van der Waals surface area contributed by atoms with E-state index >= 15 is 0 Å². The number of benzene rings is 1. The average molecular weight is 206 g/mol. The molecule has 0 saturated heterocycles. The molecule has 0 saturated carbocycles. The number of methoxy groups -OCH3 is 1. The van der Waals surface area contributed by atoms with E-state index < -0.39 is 0 Å². The van der Waals surface area contributed by atoms with Crippen molar-refractivity contribution >= 4 is 11.6 Å². The zero-order chi connectivity index (χ0) is 10.8.